The molecule has 7 heteroatoms. The molecule has 0 heterocycles. The second-order valence-electron chi connectivity index (χ2n) is 4.17. The topological polar surface area (TPSA) is 49.3 Å². The molecule has 0 aliphatic carbocycles. The van der Waals surface area contributed by atoms with Gasteiger partial charge >= 0.3 is 12.1 Å². The number of alkyl halides is 3. The van der Waals surface area contributed by atoms with E-state index in [4.69, 9.17) is 5.11 Å². The molecule has 21 heavy (non-hydrogen) atoms. The van der Waals surface area contributed by atoms with Crippen LogP contribution in [0.1, 0.15) is 15.9 Å². The van der Waals surface area contributed by atoms with Gasteiger partial charge in [-0.25, -0.2) is 9.18 Å². The Morgan fingerprint density at radius 1 is 1.05 bits per heavy atom. The fourth-order valence-electron chi connectivity index (χ4n) is 1.72. The first kappa shape index (κ1) is 14.8. The van der Waals surface area contributed by atoms with Crippen LogP contribution in [0.5, 0.6) is 0 Å². The van der Waals surface area contributed by atoms with Crippen molar-refractivity contribution in [1.82, 2.24) is 0 Å². The summed E-state index contributed by atoms with van der Waals surface area (Å²) in [6, 6.07) is 7.32. The first-order chi connectivity index (χ1) is 9.79. The van der Waals surface area contributed by atoms with Gasteiger partial charge in [0.1, 0.15) is 5.82 Å². The average molecular weight is 299 g/mol. The van der Waals surface area contributed by atoms with E-state index >= 15 is 0 Å². The highest BCUT2D eigenvalue weighted by atomic mass is 19.4. The van der Waals surface area contributed by atoms with Gasteiger partial charge in [0.05, 0.1) is 16.8 Å². The number of rotatable bonds is 3. The van der Waals surface area contributed by atoms with Crippen molar-refractivity contribution in [3.05, 3.63) is 59.4 Å². The Kier molecular flexibility index (Phi) is 3.84. The molecule has 3 nitrogen and oxygen atoms in total. The van der Waals surface area contributed by atoms with Crippen molar-refractivity contribution in [2.45, 2.75) is 6.18 Å². The molecule has 2 aromatic carbocycles. The molecule has 2 aromatic rings. The average Bonchev–Trinajstić information content (AvgIpc) is 2.40. The number of carbonyl (C=O) groups is 1. The number of hydrogen-bond acceptors (Lipinski definition) is 2. The minimum absolute atomic E-state index is 0.149. The Morgan fingerprint density at radius 3 is 2.19 bits per heavy atom. The van der Waals surface area contributed by atoms with Gasteiger partial charge in [0.25, 0.3) is 0 Å². The number of carboxylic acids is 1. The number of hydrogen-bond donors (Lipinski definition) is 2. The molecule has 2 rings (SSSR count). The maximum Gasteiger partial charge on any atom is 0.416 e. The number of aromatic carboxylic acids is 1. The molecule has 0 aliphatic rings. The van der Waals surface area contributed by atoms with Crippen molar-refractivity contribution >= 4 is 17.3 Å². The molecule has 0 unspecified atom stereocenters. The second kappa shape index (κ2) is 5.43. The lowest BCUT2D eigenvalue weighted by Crippen LogP contribution is -2.06. The van der Waals surface area contributed by atoms with Gasteiger partial charge in [-0.3, -0.25) is 0 Å². The monoisotopic (exact) mass is 299 g/mol. The van der Waals surface area contributed by atoms with Gasteiger partial charge in [0.15, 0.2) is 0 Å². The van der Waals surface area contributed by atoms with Gasteiger partial charge in [-0.1, -0.05) is 6.07 Å². The van der Waals surface area contributed by atoms with Crippen molar-refractivity contribution < 1.29 is 27.5 Å². The smallest absolute Gasteiger partial charge is 0.416 e. The molecular formula is C14H9F4NO2. The summed E-state index contributed by atoms with van der Waals surface area (Å²) in [4.78, 5) is 11.0. The van der Waals surface area contributed by atoms with E-state index in [-0.39, 0.29) is 16.9 Å². The SMILES string of the molecule is O=C(O)c1cccc(F)c1Nc1ccc(C(F)(F)F)cc1. The van der Waals surface area contributed by atoms with Crippen LogP contribution in [0.4, 0.5) is 28.9 Å². The van der Waals surface area contributed by atoms with Crippen molar-refractivity contribution in [2.24, 2.45) is 0 Å². The van der Waals surface area contributed by atoms with E-state index in [1.165, 1.54) is 12.1 Å². The van der Waals surface area contributed by atoms with E-state index in [0.29, 0.717) is 0 Å². The first-order valence-corrected chi connectivity index (χ1v) is 5.75. The Labute approximate surface area is 116 Å². The maximum absolute atomic E-state index is 13.7. The van der Waals surface area contributed by atoms with E-state index in [1.807, 2.05) is 0 Å². The number of anilines is 2. The molecule has 0 bridgehead atoms. The van der Waals surface area contributed by atoms with Crippen LogP contribution in [-0.2, 0) is 6.18 Å². The minimum atomic E-state index is -4.47. The quantitative estimate of drug-likeness (QED) is 0.831. The fraction of sp³-hybridized carbons (Fsp3) is 0.0714. The van der Waals surface area contributed by atoms with Crippen LogP contribution in [0, 0.1) is 5.82 Å². The Balaban J connectivity index is 2.33. The van der Waals surface area contributed by atoms with E-state index in [2.05, 4.69) is 5.32 Å². The third-order valence-corrected chi connectivity index (χ3v) is 2.73. The summed E-state index contributed by atoms with van der Waals surface area (Å²) >= 11 is 0. The summed E-state index contributed by atoms with van der Waals surface area (Å²) in [7, 11) is 0. The van der Waals surface area contributed by atoms with Crippen molar-refractivity contribution in [3.63, 3.8) is 0 Å². The summed E-state index contributed by atoms with van der Waals surface area (Å²) in [5.41, 5.74) is -1.31. The van der Waals surface area contributed by atoms with Gasteiger partial charge in [-0.2, -0.15) is 13.2 Å². The lowest BCUT2D eigenvalue weighted by molar-refractivity contribution is -0.137. The molecule has 0 spiro atoms. The number of nitrogens with one attached hydrogen (secondary N) is 1. The van der Waals surface area contributed by atoms with E-state index in [9.17, 15) is 22.4 Å². The van der Waals surface area contributed by atoms with Crippen LogP contribution in [0.3, 0.4) is 0 Å². The zero-order valence-electron chi connectivity index (χ0n) is 10.4. The van der Waals surface area contributed by atoms with E-state index in [0.717, 1.165) is 30.3 Å². The highest BCUT2D eigenvalue weighted by Crippen LogP contribution is 2.31. The van der Waals surface area contributed by atoms with Gasteiger partial charge < -0.3 is 10.4 Å². The van der Waals surface area contributed by atoms with Crippen LogP contribution in [0.15, 0.2) is 42.5 Å². The second-order valence-corrected chi connectivity index (χ2v) is 4.17. The highest BCUT2D eigenvalue weighted by molar-refractivity contribution is 5.95. The van der Waals surface area contributed by atoms with E-state index < -0.39 is 23.5 Å². The van der Waals surface area contributed by atoms with Crippen LogP contribution in [0.2, 0.25) is 0 Å². The van der Waals surface area contributed by atoms with Crippen LogP contribution < -0.4 is 5.32 Å². The molecule has 0 aromatic heterocycles. The van der Waals surface area contributed by atoms with Crippen molar-refractivity contribution in [2.75, 3.05) is 5.32 Å². The van der Waals surface area contributed by atoms with Gasteiger partial charge in [0, 0.05) is 5.69 Å². The van der Waals surface area contributed by atoms with Gasteiger partial charge in [0.2, 0.25) is 0 Å². The van der Waals surface area contributed by atoms with Crippen LogP contribution >= 0.6 is 0 Å². The molecule has 110 valence electrons. The third-order valence-electron chi connectivity index (χ3n) is 2.73. The molecule has 0 amide bonds. The first-order valence-electron chi connectivity index (χ1n) is 5.75. The molecule has 0 fully saturated rings. The predicted octanol–water partition coefficient (Wildman–Crippen LogP) is 4.29. The number of carboxylic acid groups (broad SMARTS) is 1. The number of benzene rings is 2. The lowest BCUT2D eigenvalue weighted by Gasteiger charge is -2.12. The predicted molar refractivity (Wildman–Crippen MR) is 68.1 cm³/mol. The lowest BCUT2D eigenvalue weighted by atomic mass is 10.1. The standard InChI is InChI=1S/C14H9F4NO2/c15-11-3-1-2-10(13(20)21)12(11)19-9-6-4-8(5-7-9)14(16,17)18/h1-7,19H,(H,20,21). The number of para-hydroxylation sites is 1. The Morgan fingerprint density at radius 2 is 1.67 bits per heavy atom. The molecule has 0 radical (unpaired) electrons. The zero-order valence-corrected chi connectivity index (χ0v) is 10.4. The molecule has 0 saturated carbocycles. The summed E-state index contributed by atoms with van der Waals surface area (Å²) in [6.45, 7) is 0. The summed E-state index contributed by atoms with van der Waals surface area (Å²) in [5, 5.41) is 11.4. The minimum Gasteiger partial charge on any atom is -0.478 e. The fourth-order valence-corrected chi connectivity index (χ4v) is 1.72. The molecule has 2 N–H and O–H groups in total. The van der Waals surface area contributed by atoms with Gasteiger partial charge in [-0.05, 0) is 36.4 Å². The molecule has 0 saturated heterocycles. The summed E-state index contributed by atoms with van der Waals surface area (Å²) in [6.07, 6.45) is -4.47. The Bertz CT molecular complexity index is 666. The van der Waals surface area contributed by atoms with Crippen LogP contribution in [-0.4, -0.2) is 11.1 Å². The van der Waals surface area contributed by atoms with Crippen molar-refractivity contribution in [3.8, 4) is 0 Å². The zero-order chi connectivity index (χ0) is 15.6. The normalized spacial score (nSPS) is 11.2. The third kappa shape index (κ3) is 3.31. The molecule has 0 aliphatic heterocycles. The molecule has 0 atom stereocenters. The Hall–Kier alpha value is -2.57. The number of halogens is 4. The largest absolute Gasteiger partial charge is 0.478 e. The molecular weight excluding hydrogens is 290 g/mol. The maximum atomic E-state index is 13.7. The summed E-state index contributed by atoms with van der Waals surface area (Å²) in [5.74, 6) is -2.15. The van der Waals surface area contributed by atoms with Gasteiger partial charge in [-0.15, -0.1) is 0 Å². The van der Waals surface area contributed by atoms with Crippen LogP contribution in [0.25, 0.3) is 0 Å². The highest BCUT2D eigenvalue weighted by Gasteiger charge is 2.30. The van der Waals surface area contributed by atoms with E-state index in [1.54, 1.807) is 0 Å². The summed E-state index contributed by atoms with van der Waals surface area (Å²) < 4.78 is 50.9. The van der Waals surface area contributed by atoms with Crippen molar-refractivity contribution in [1.29, 1.82) is 0 Å².